The van der Waals surface area contributed by atoms with Gasteiger partial charge in [-0.05, 0) is 41.5 Å². The second kappa shape index (κ2) is 7.35. The number of aromatic nitrogens is 3. The number of imidazole rings is 1. The van der Waals surface area contributed by atoms with E-state index in [-0.39, 0.29) is 12.1 Å². The van der Waals surface area contributed by atoms with E-state index in [1.165, 1.54) is 0 Å². The fraction of sp³-hybridized carbons (Fsp3) is 0.0385. The van der Waals surface area contributed by atoms with Crippen LogP contribution in [0.4, 0.5) is 4.79 Å². The lowest BCUT2D eigenvalue weighted by Gasteiger charge is -2.30. The van der Waals surface area contributed by atoms with Gasteiger partial charge in [0.25, 0.3) is 0 Å². The molecule has 1 aliphatic heterocycles. The number of hydrogen-bond donors (Lipinski definition) is 3. The number of carbonyl (C=O) groups is 1. The largest absolute Gasteiger partial charge is 0.338 e. The molecule has 5 aromatic rings. The summed E-state index contributed by atoms with van der Waals surface area (Å²) < 4.78 is 0. The second-order valence-electron chi connectivity index (χ2n) is 7.74. The highest BCUT2D eigenvalue weighted by molar-refractivity contribution is 6.03. The Bertz CT molecular complexity index is 1470. The van der Waals surface area contributed by atoms with Crippen molar-refractivity contribution in [3.63, 3.8) is 0 Å². The smallest absolute Gasteiger partial charge is 0.320 e. The Hall–Kier alpha value is -4.45. The van der Waals surface area contributed by atoms with Crippen LogP contribution >= 0.6 is 0 Å². The number of pyridine rings is 1. The fourth-order valence-corrected chi connectivity index (χ4v) is 4.26. The van der Waals surface area contributed by atoms with E-state index in [1.54, 1.807) is 6.20 Å². The summed E-state index contributed by atoms with van der Waals surface area (Å²) in [5.74, 6) is 0.717. The summed E-state index contributed by atoms with van der Waals surface area (Å²) in [6.07, 6.45) is 1.78. The monoisotopic (exact) mass is 417 g/mol. The quantitative estimate of drug-likeness (QED) is 0.385. The molecule has 3 aromatic carbocycles. The minimum atomic E-state index is -0.385. The molecule has 6 heteroatoms. The summed E-state index contributed by atoms with van der Waals surface area (Å²) >= 11 is 0. The number of aromatic amines is 1. The normalized spacial score (nSPS) is 16.2. The lowest BCUT2D eigenvalue weighted by Crippen LogP contribution is -2.43. The van der Waals surface area contributed by atoms with Crippen LogP contribution in [0.2, 0.25) is 0 Å². The van der Waals surface area contributed by atoms with Gasteiger partial charge in [0.2, 0.25) is 0 Å². The predicted molar refractivity (Wildman–Crippen MR) is 126 cm³/mol. The van der Waals surface area contributed by atoms with Gasteiger partial charge in [-0.15, -0.1) is 0 Å². The van der Waals surface area contributed by atoms with E-state index < -0.39 is 0 Å². The second-order valence-corrected chi connectivity index (χ2v) is 7.74. The zero-order valence-corrected chi connectivity index (χ0v) is 17.0. The van der Waals surface area contributed by atoms with E-state index in [9.17, 15) is 4.79 Å². The number of rotatable bonds is 3. The molecule has 0 saturated heterocycles. The first kappa shape index (κ1) is 18.3. The van der Waals surface area contributed by atoms with Crippen molar-refractivity contribution in [2.45, 2.75) is 6.04 Å². The van der Waals surface area contributed by atoms with Crippen LogP contribution in [0.25, 0.3) is 33.2 Å². The van der Waals surface area contributed by atoms with Crippen LogP contribution in [0.15, 0.2) is 91.1 Å². The Morgan fingerprint density at radius 2 is 1.66 bits per heavy atom. The van der Waals surface area contributed by atoms with Crippen LogP contribution in [-0.2, 0) is 0 Å². The number of carbonyl (C=O) groups excluding carboxylic acids is 1. The molecule has 6 nitrogen and oxygen atoms in total. The third kappa shape index (κ3) is 3.09. The Kier molecular flexibility index (Phi) is 4.21. The maximum Gasteiger partial charge on any atom is 0.320 e. The van der Waals surface area contributed by atoms with Gasteiger partial charge in [-0.1, -0.05) is 54.6 Å². The van der Waals surface area contributed by atoms with E-state index in [1.807, 2.05) is 78.9 Å². The third-order valence-electron chi connectivity index (χ3n) is 5.74. The van der Waals surface area contributed by atoms with Gasteiger partial charge in [-0.2, -0.15) is 0 Å². The molecule has 0 bridgehead atoms. The minimum absolute atomic E-state index is 0.250. The topological polar surface area (TPSA) is 82.7 Å². The van der Waals surface area contributed by atoms with Gasteiger partial charge in [0, 0.05) is 17.2 Å². The van der Waals surface area contributed by atoms with Crippen molar-refractivity contribution in [2.24, 2.45) is 0 Å². The summed E-state index contributed by atoms with van der Waals surface area (Å²) in [6, 6.07) is 27.2. The number of fused-ring (bicyclic) bond motifs is 2. The molecule has 0 fully saturated rings. The predicted octanol–water partition coefficient (Wildman–Crippen LogP) is 5.03. The Morgan fingerprint density at radius 3 is 2.53 bits per heavy atom. The first-order valence-electron chi connectivity index (χ1n) is 10.4. The molecule has 154 valence electrons. The number of benzene rings is 3. The third-order valence-corrected chi connectivity index (χ3v) is 5.74. The highest BCUT2D eigenvalue weighted by atomic mass is 16.2. The number of hydrogen-bond acceptors (Lipinski definition) is 3. The highest BCUT2D eigenvalue weighted by Gasteiger charge is 2.32. The summed E-state index contributed by atoms with van der Waals surface area (Å²) in [4.78, 5) is 25.5. The number of H-pyrrole nitrogens is 1. The maximum atomic E-state index is 12.7. The zero-order chi connectivity index (χ0) is 21.5. The molecule has 1 aliphatic rings. The van der Waals surface area contributed by atoms with Crippen LogP contribution in [-0.4, -0.2) is 21.0 Å². The van der Waals surface area contributed by atoms with E-state index in [0.29, 0.717) is 5.82 Å². The molecule has 0 radical (unpaired) electrons. The van der Waals surface area contributed by atoms with E-state index in [0.717, 1.165) is 44.3 Å². The summed E-state index contributed by atoms with van der Waals surface area (Å²) in [5.41, 5.74) is 6.24. The minimum Gasteiger partial charge on any atom is -0.338 e. The van der Waals surface area contributed by atoms with Gasteiger partial charge in [-0.25, -0.2) is 9.78 Å². The summed E-state index contributed by atoms with van der Waals surface area (Å²) in [6.45, 7) is 0. The number of para-hydroxylation sites is 2. The van der Waals surface area contributed by atoms with Crippen molar-refractivity contribution < 1.29 is 4.79 Å². The lowest BCUT2D eigenvalue weighted by molar-refractivity contribution is 0.242. The van der Waals surface area contributed by atoms with Crippen molar-refractivity contribution in [3.8, 4) is 0 Å². The highest BCUT2D eigenvalue weighted by Crippen LogP contribution is 2.38. The molecule has 2 amide bonds. The van der Waals surface area contributed by atoms with Gasteiger partial charge in [0.15, 0.2) is 0 Å². The van der Waals surface area contributed by atoms with Crippen LogP contribution in [0.3, 0.4) is 0 Å². The number of urea groups is 1. The standard InChI is InChI=1S/C26H19N5O/c32-26-30-23(16-7-2-1-3-8-16)22(25-28-20-10-4-5-11-21(20)29-25)24(31-26)18-12-13-19-17(15-18)9-6-14-27-19/h1-15,24H,(H,28,29)(H2,30,31,32)/t24-/m0/s1. The molecule has 0 aliphatic carbocycles. The molecule has 0 saturated carbocycles. The van der Waals surface area contributed by atoms with Gasteiger partial charge in [-0.3, -0.25) is 4.98 Å². The van der Waals surface area contributed by atoms with Crippen LogP contribution in [0.1, 0.15) is 23.0 Å². The zero-order valence-electron chi connectivity index (χ0n) is 17.0. The fourth-order valence-electron chi connectivity index (χ4n) is 4.26. The number of nitrogens with zero attached hydrogens (tertiary/aromatic N) is 2. The van der Waals surface area contributed by atoms with Gasteiger partial charge in [0.05, 0.1) is 28.3 Å². The first-order valence-corrected chi connectivity index (χ1v) is 10.4. The molecule has 1 atom stereocenters. The van der Waals surface area contributed by atoms with Gasteiger partial charge in [0.1, 0.15) is 5.82 Å². The summed E-state index contributed by atoms with van der Waals surface area (Å²) in [7, 11) is 0. The molecule has 3 heterocycles. The van der Waals surface area contributed by atoms with Crippen molar-refractivity contribution in [3.05, 3.63) is 108 Å². The van der Waals surface area contributed by atoms with Crippen LogP contribution in [0, 0.1) is 0 Å². The molecular weight excluding hydrogens is 398 g/mol. The van der Waals surface area contributed by atoms with Crippen molar-refractivity contribution in [1.29, 1.82) is 0 Å². The first-order chi connectivity index (χ1) is 15.8. The summed E-state index contributed by atoms with van der Waals surface area (Å²) in [5, 5.41) is 7.14. The molecular formula is C26H19N5O. The molecule has 6 rings (SSSR count). The average molecular weight is 417 g/mol. The van der Waals surface area contributed by atoms with Crippen LogP contribution in [0.5, 0.6) is 0 Å². The van der Waals surface area contributed by atoms with Gasteiger partial charge >= 0.3 is 6.03 Å². The Morgan fingerprint density at radius 1 is 0.812 bits per heavy atom. The maximum absolute atomic E-state index is 12.7. The van der Waals surface area contributed by atoms with E-state index in [4.69, 9.17) is 4.98 Å². The van der Waals surface area contributed by atoms with Gasteiger partial charge < -0.3 is 15.6 Å². The van der Waals surface area contributed by atoms with Crippen molar-refractivity contribution >= 4 is 39.2 Å². The van der Waals surface area contributed by atoms with Crippen molar-refractivity contribution in [2.75, 3.05) is 0 Å². The van der Waals surface area contributed by atoms with Crippen molar-refractivity contribution in [1.82, 2.24) is 25.6 Å². The molecule has 0 unspecified atom stereocenters. The Balaban J connectivity index is 1.61. The Labute approximate surface area is 184 Å². The van der Waals surface area contributed by atoms with E-state index >= 15 is 0 Å². The molecule has 0 spiro atoms. The average Bonchev–Trinajstić information content (AvgIpc) is 3.27. The number of amides is 2. The number of nitrogens with one attached hydrogen (secondary N) is 3. The SMILES string of the molecule is O=C1NC(c2ccccc2)=C(c2nc3ccccc3[nH]2)[C@H](c2ccc3ncccc3c2)N1. The van der Waals surface area contributed by atoms with Crippen LogP contribution < -0.4 is 10.6 Å². The molecule has 2 aromatic heterocycles. The molecule has 3 N–H and O–H groups in total. The lowest BCUT2D eigenvalue weighted by atomic mass is 9.91. The molecule has 32 heavy (non-hydrogen) atoms. The van der Waals surface area contributed by atoms with E-state index in [2.05, 4.69) is 26.7 Å².